The Labute approximate surface area is 199 Å². The Hall–Kier alpha value is -3.81. The van der Waals surface area contributed by atoms with Crippen molar-refractivity contribution in [3.63, 3.8) is 0 Å². The monoisotopic (exact) mass is 465 g/mol. The van der Waals surface area contributed by atoms with E-state index in [0.29, 0.717) is 36.6 Å². The molecule has 2 amide bonds. The van der Waals surface area contributed by atoms with E-state index in [1.807, 2.05) is 38.1 Å². The molecular formula is C26H31N3O5. The second-order valence-corrected chi connectivity index (χ2v) is 8.34. The van der Waals surface area contributed by atoms with Crippen LogP contribution in [0.2, 0.25) is 0 Å². The summed E-state index contributed by atoms with van der Waals surface area (Å²) >= 11 is 0. The van der Waals surface area contributed by atoms with E-state index in [1.54, 1.807) is 49.5 Å². The highest BCUT2D eigenvalue weighted by Gasteiger charge is 2.21. The number of carbonyl (C=O) groups is 2. The average Bonchev–Trinajstić information content (AvgIpc) is 3.32. The maximum atomic E-state index is 13.1. The Morgan fingerprint density at radius 2 is 1.76 bits per heavy atom. The van der Waals surface area contributed by atoms with Gasteiger partial charge in [-0.3, -0.25) is 9.59 Å². The lowest BCUT2D eigenvalue weighted by molar-refractivity contribution is 0.0705. The van der Waals surface area contributed by atoms with Gasteiger partial charge in [-0.05, 0) is 48.2 Å². The molecule has 0 bridgehead atoms. The highest BCUT2D eigenvalue weighted by atomic mass is 16.5. The van der Waals surface area contributed by atoms with E-state index < -0.39 is 0 Å². The Morgan fingerprint density at radius 3 is 2.44 bits per heavy atom. The summed E-state index contributed by atoms with van der Waals surface area (Å²) in [6.07, 6.45) is 0.678. The number of nitrogens with one attached hydrogen (secondary N) is 1. The van der Waals surface area contributed by atoms with Crippen molar-refractivity contribution in [3.05, 3.63) is 77.2 Å². The molecule has 1 heterocycles. The number of hydrogen-bond donors (Lipinski definition) is 1. The summed E-state index contributed by atoms with van der Waals surface area (Å²) in [7, 11) is 3.19. The van der Waals surface area contributed by atoms with Crippen LogP contribution in [0.1, 0.15) is 46.0 Å². The maximum Gasteiger partial charge on any atom is 0.273 e. The minimum absolute atomic E-state index is 0.144. The van der Waals surface area contributed by atoms with Crippen LogP contribution in [0.25, 0.3) is 0 Å². The van der Waals surface area contributed by atoms with Gasteiger partial charge >= 0.3 is 0 Å². The van der Waals surface area contributed by atoms with Crippen LogP contribution in [0.3, 0.4) is 0 Å². The van der Waals surface area contributed by atoms with Gasteiger partial charge in [-0.15, -0.1) is 0 Å². The van der Waals surface area contributed by atoms with Gasteiger partial charge in [-0.1, -0.05) is 37.2 Å². The van der Waals surface area contributed by atoms with Crippen LogP contribution in [-0.2, 0) is 13.0 Å². The summed E-state index contributed by atoms with van der Waals surface area (Å²) in [5.74, 6) is 1.63. The Kier molecular flexibility index (Phi) is 8.67. The van der Waals surface area contributed by atoms with Gasteiger partial charge in [-0.25, -0.2) is 0 Å². The molecule has 0 aliphatic rings. The van der Waals surface area contributed by atoms with Crippen molar-refractivity contribution in [3.8, 4) is 11.5 Å². The van der Waals surface area contributed by atoms with E-state index in [4.69, 9.17) is 14.0 Å². The van der Waals surface area contributed by atoms with Gasteiger partial charge in [0.2, 0.25) is 0 Å². The first-order valence-corrected chi connectivity index (χ1v) is 11.2. The third-order valence-electron chi connectivity index (χ3n) is 5.19. The molecule has 0 fully saturated rings. The smallest absolute Gasteiger partial charge is 0.273 e. The number of rotatable bonds is 11. The molecule has 3 rings (SSSR count). The zero-order valence-electron chi connectivity index (χ0n) is 20.0. The highest BCUT2D eigenvalue weighted by molar-refractivity contribution is 5.94. The molecule has 0 aliphatic heterocycles. The van der Waals surface area contributed by atoms with Crippen molar-refractivity contribution < 1.29 is 23.6 Å². The number of benzene rings is 2. The summed E-state index contributed by atoms with van der Waals surface area (Å²) in [6, 6.07) is 16.3. The molecule has 0 aliphatic carbocycles. The third kappa shape index (κ3) is 6.84. The molecule has 0 saturated heterocycles. The number of hydrogen-bond acceptors (Lipinski definition) is 6. The van der Waals surface area contributed by atoms with Crippen molar-refractivity contribution in [1.82, 2.24) is 15.4 Å². The van der Waals surface area contributed by atoms with E-state index in [1.165, 1.54) is 0 Å². The topological polar surface area (TPSA) is 93.9 Å². The lowest BCUT2D eigenvalue weighted by Gasteiger charge is -2.23. The number of carbonyl (C=O) groups excluding carboxylic acids is 2. The predicted molar refractivity (Wildman–Crippen MR) is 128 cm³/mol. The number of ether oxygens (including phenoxy) is 2. The molecule has 0 unspecified atom stereocenters. The van der Waals surface area contributed by atoms with Gasteiger partial charge in [0.05, 0.1) is 20.8 Å². The molecule has 0 radical (unpaired) electrons. The lowest BCUT2D eigenvalue weighted by atomic mass is 10.1. The standard InChI is InChI=1S/C26H31N3O5/c1-18(2)16-29(26(31)20-6-5-7-22(14-20)33-4)17-23-15-24(28-34-23)25(30)27-13-12-19-8-10-21(32-3)11-9-19/h5-11,14-15,18H,12-13,16-17H2,1-4H3,(H,27,30). The van der Waals surface area contributed by atoms with E-state index in [9.17, 15) is 9.59 Å². The van der Waals surface area contributed by atoms with Gasteiger partial charge in [0.25, 0.3) is 11.8 Å². The molecule has 0 spiro atoms. The third-order valence-corrected chi connectivity index (χ3v) is 5.19. The van der Waals surface area contributed by atoms with Crippen LogP contribution in [-0.4, -0.2) is 49.2 Å². The van der Waals surface area contributed by atoms with Crippen LogP contribution in [0.5, 0.6) is 11.5 Å². The molecule has 1 aromatic heterocycles. The second-order valence-electron chi connectivity index (χ2n) is 8.34. The van der Waals surface area contributed by atoms with Crippen LogP contribution >= 0.6 is 0 Å². The normalized spacial score (nSPS) is 10.7. The zero-order valence-corrected chi connectivity index (χ0v) is 20.0. The number of methoxy groups -OCH3 is 2. The fourth-order valence-corrected chi connectivity index (χ4v) is 3.48. The largest absolute Gasteiger partial charge is 0.497 e. The molecule has 8 nitrogen and oxygen atoms in total. The summed E-state index contributed by atoms with van der Waals surface area (Å²) in [5.41, 5.74) is 1.79. The summed E-state index contributed by atoms with van der Waals surface area (Å²) in [6.45, 7) is 5.27. The molecular weight excluding hydrogens is 434 g/mol. The van der Waals surface area contributed by atoms with Crippen molar-refractivity contribution in [1.29, 1.82) is 0 Å². The van der Waals surface area contributed by atoms with Gasteiger partial charge in [0.1, 0.15) is 11.5 Å². The van der Waals surface area contributed by atoms with Gasteiger partial charge in [0.15, 0.2) is 11.5 Å². The Bertz CT molecular complexity index is 1090. The molecule has 1 N–H and O–H groups in total. The van der Waals surface area contributed by atoms with E-state index >= 15 is 0 Å². The molecule has 0 atom stereocenters. The first-order chi connectivity index (χ1) is 16.4. The SMILES string of the molecule is COc1ccc(CCNC(=O)c2cc(CN(CC(C)C)C(=O)c3cccc(OC)c3)on2)cc1. The van der Waals surface area contributed by atoms with Crippen molar-refractivity contribution >= 4 is 11.8 Å². The highest BCUT2D eigenvalue weighted by Crippen LogP contribution is 2.18. The van der Waals surface area contributed by atoms with Crippen LogP contribution in [0.4, 0.5) is 0 Å². The summed E-state index contributed by atoms with van der Waals surface area (Å²) in [5, 5.41) is 6.74. The van der Waals surface area contributed by atoms with Crippen molar-refractivity contribution in [2.45, 2.75) is 26.8 Å². The molecule has 8 heteroatoms. The number of aromatic nitrogens is 1. The molecule has 34 heavy (non-hydrogen) atoms. The minimum Gasteiger partial charge on any atom is -0.497 e. The second kappa shape index (κ2) is 11.9. The zero-order chi connectivity index (χ0) is 24.5. The lowest BCUT2D eigenvalue weighted by Crippen LogP contribution is -2.33. The van der Waals surface area contributed by atoms with Crippen LogP contribution in [0, 0.1) is 5.92 Å². The van der Waals surface area contributed by atoms with Crippen molar-refractivity contribution in [2.75, 3.05) is 27.3 Å². The van der Waals surface area contributed by atoms with E-state index in [2.05, 4.69) is 10.5 Å². The van der Waals surface area contributed by atoms with Gasteiger partial charge in [-0.2, -0.15) is 0 Å². The first-order valence-electron chi connectivity index (χ1n) is 11.2. The van der Waals surface area contributed by atoms with Crippen molar-refractivity contribution in [2.24, 2.45) is 5.92 Å². The van der Waals surface area contributed by atoms with Crippen LogP contribution < -0.4 is 14.8 Å². The molecule has 2 aromatic carbocycles. The summed E-state index contributed by atoms with van der Waals surface area (Å²) in [4.78, 5) is 27.3. The number of amides is 2. The fraction of sp³-hybridized carbons (Fsp3) is 0.346. The Morgan fingerprint density at radius 1 is 1.03 bits per heavy atom. The number of nitrogens with zero attached hydrogens (tertiary/aromatic N) is 2. The molecule has 0 saturated carbocycles. The fourth-order valence-electron chi connectivity index (χ4n) is 3.48. The van der Waals surface area contributed by atoms with Crippen LogP contribution in [0.15, 0.2) is 59.1 Å². The van der Waals surface area contributed by atoms with E-state index in [0.717, 1.165) is 11.3 Å². The van der Waals surface area contributed by atoms with Gasteiger partial charge in [0, 0.05) is 24.7 Å². The maximum absolute atomic E-state index is 13.1. The average molecular weight is 466 g/mol. The van der Waals surface area contributed by atoms with Gasteiger partial charge < -0.3 is 24.2 Å². The van der Waals surface area contributed by atoms with E-state index in [-0.39, 0.29) is 30.0 Å². The molecule has 3 aromatic rings. The quantitative estimate of drug-likeness (QED) is 0.461. The predicted octanol–water partition coefficient (Wildman–Crippen LogP) is 3.96. The Balaban J connectivity index is 1.60. The minimum atomic E-state index is -0.321. The molecule has 180 valence electrons. The summed E-state index contributed by atoms with van der Waals surface area (Å²) < 4.78 is 15.8. The first kappa shape index (κ1) is 24.8.